The summed E-state index contributed by atoms with van der Waals surface area (Å²) < 4.78 is 5.46. The minimum absolute atomic E-state index is 0.0440. The van der Waals surface area contributed by atoms with Crippen LogP contribution in [0.3, 0.4) is 0 Å². The molecular formula is C14H10ClNO4. The van der Waals surface area contributed by atoms with Gasteiger partial charge in [0.1, 0.15) is 17.2 Å². The first-order valence-corrected chi connectivity index (χ1v) is 6.03. The van der Waals surface area contributed by atoms with Crippen LogP contribution in [0.5, 0.6) is 11.5 Å². The van der Waals surface area contributed by atoms with Crippen molar-refractivity contribution in [2.24, 2.45) is 0 Å². The summed E-state index contributed by atoms with van der Waals surface area (Å²) in [7, 11) is 0. The quantitative estimate of drug-likeness (QED) is 0.873. The Kier molecular flexibility index (Phi) is 4.00. The fourth-order valence-corrected chi connectivity index (χ4v) is 1.72. The molecule has 1 heterocycles. The molecule has 0 bridgehead atoms. The van der Waals surface area contributed by atoms with Crippen molar-refractivity contribution in [1.82, 2.24) is 4.98 Å². The number of halogens is 1. The average molecular weight is 292 g/mol. The number of pyridine rings is 1. The number of ether oxygens (including phenoxy) is 1. The number of carboxylic acid groups (broad SMARTS) is 1. The number of hydrogen-bond acceptors (Lipinski definition) is 4. The first-order valence-electron chi connectivity index (χ1n) is 5.65. The van der Waals surface area contributed by atoms with Crippen molar-refractivity contribution in [2.45, 2.75) is 6.92 Å². The second-order valence-electron chi connectivity index (χ2n) is 3.98. The van der Waals surface area contributed by atoms with Crippen molar-refractivity contribution in [3.63, 3.8) is 0 Å². The number of ketones is 1. The zero-order valence-electron chi connectivity index (χ0n) is 10.5. The van der Waals surface area contributed by atoms with Gasteiger partial charge in [-0.2, -0.15) is 0 Å². The third-order valence-electron chi connectivity index (χ3n) is 2.50. The number of nitrogens with zero attached hydrogens (tertiary/aromatic N) is 1. The molecule has 102 valence electrons. The molecule has 0 aliphatic heterocycles. The minimum atomic E-state index is -1.13. The summed E-state index contributed by atoms with van der Waals surface area (Å²) in [4.78, 5) is 26.0. The molecule has 20 heavy (non-hydrogen) atoms. The third kappa shape index (κ3) is 3.13. The van der Waals surface area contributed by atoms with E-state index in [0.717, 1.165) is 0 Å². The average Bonchev–Trinajstić information content (AvgIpc) is 2.41. The number of aromatic carboxylic acids is 1. The van der Waals surface area contributed by atoms with Crippen LogP contribution in [0.1, 0.15) is 27.8 Å². The summed E-state index contributed by atoms with van der Waals surface area (Å²) >= 11 is 5.76. The van der Waals surface area contributed by atoms with E-state index in [-0.39, 0.29) is 16.4 Å². The van der Waals surface area contributed by atoms with Gasteiger partial charge in [0, 0.05) is 6.92 Å². The predicted octanol–water partition coefficient (Wildman–Crippen LogP) is 3.43. The normalized spacial score (nSPS) is 10.1. The van der Waals surface area contributed by atoms with Gasteiger partial charge < -0.3 is 9.84 Å². The molecule has 0 unspecified atom stereocenters. The number of hydrogen-bond donors (Lipinski definition) is 1. The predicted molar refractivity (Wildman–Crippen MR) is 72.7 cm³/mol. The monoisotopic (exact) mass is 291 g/mol. The topological polar surface area (TPSA) is 76.5 Å². The summed E-state index contributed by atoms with van der Waals surface area (Å²) in [5.74, 6) is -0.556. The zero-order valence-corrected chi connectivity index (χ0v) is 11.2. The van der Waals surface area contributed by atoms with Gasteiger partial charge >= 0.3 is 5.97 Å². The Hall–Kier alpha value is -2.40. The highest BCUT2D eigenvalue weighted by molar-refractivity contribution is 6.33. The minimum Gasteiger partial charge on any atom is -0.478 e. The summed E-state index contributed by atoms with van der Waals surface area (Å²) in [6, 6.07) is 7.43. The van der Waals surface area contributed by atoms with Crippen LogP contribution in [0.25, 0.3) is 0 Å². The Bertz CT molecular complexity index is 667. The Labute approximate surface area is 119 Å². The molecule has 0 saturated heterocycles. The summed E-state index contributed by atoms with van der Waals surface area (Å²) in [6.07, 6.45) is 1.39. The summed E-state index contributed by atoms with van der Waals surface area (Å²) in [5.41, 5.74) is 0.289. The molecular weight excluding hydrogens is 282 g/mol. The van der Waals surface area contributed by atoms with Crippen molar-refractivity contribution >= 4 is 23.4 Å². The van der Waals surface area contributed by atoms with E-state index in [1.807, 2.05) is 0 Å². The maximum atomic E-state index is 11.1. The van der Waals surface area contributed by atoms with Crippen LogP contribution in [0.2, 0.25) is 5.02 Å². The standard InChI is InChI=1S/C14H10ClNO4/c1-8(17)13-5-3-10(7-16-13)20-9-2-4-12(15)11(6-9)14(18)19/h2-7H,1H3,(H,18,19). The smallest absolute Gasteiger partial charge is 0.337 e. The Morgan fingerprint density at radius 1 is 1.20 bits per heavy atom. The Balaban J connectivity index is 2.23. The molecule has 0 amide bonds. The highest BCUT2D eigenvalue weighted by Crippen LogP contribution is 2.26. The zero-order chi connectivity index (χ0) is 14.7. The molecule has 0 radical (unpaired) electrons. The highest BCUT2D eigenvalue weighted by atomic mass is 35.5. The van der Waals surface area contributed by atoms with Crippen LogP contribution in [-0.2, 0) is 0 Å². The van der Waals surface area contributed by atoms with E-state index in [1.54, 1.807) is 12.1 Å². The first kappa shape index (κ1) is 14.0. The fourth-order valence-electron chi connectivity index (χ4n) is 1.52. The molecule has 0 saturated carbocycles. The van der Waals surface area contributed by atoms with Crippen LogP contribution in [-0.4, -0.2) is 21.8 Å². The van der Waals surface area contributed by atoms with Crippen molar-refractivity contribution in [3.05, 3.63) is 52.8 Å². The maximum Gasteiger partial charge on any atom is 0.337 e. The molecule has 0 aliphatic carbocycles. The molecule has 1 aromatic heterocycles. The van der Waals surface area contributed by atoms with Crippen molar-refractivity contribution in [3.8, 4) is 11.5 Å². The van der Waals surface area contributed by atoms with Crippen LogP contribution < -0.4 is 4.74 Å². The van der Waals surface area contributed by atoms with E-state index in [2.05, 4.69) is 4.98 Å². The van der Waals surface area contributed by atoms with Gasteiger partial charge in [-0.1, -0.05) is 11.6 Å². The Morgan fingerprint density at radius 2 is 1.90 bits per heavy atom. The number of carboxylic acids is 1. The van der Waals surface area contributed by atoms with Gasteiger partial charge in [-0.25, -0.2) is 9.78 Å². The highest BCUT2D eigenvalue weighted by Gasteiger charge is 2.10. The second-order valence-corrected chi connectivity index (χ2v) is 4.39. The molecule has 0 spiro atoms. The molecule has 0 atom stereocenters. The molecule has 1 aromatic carbocycles. The molecule has 2 rings (SSSR count). The largest absolute Gasteiger partial charge is 0.478 e. The maximum absolute atomic E-state index is 11.1. The number of rotatable bonds is 4. The first-order chi connectivity index (χ1) is 9.47. The van der Waals surface area contributed by atoms with E-state index in [9.17, 15) is 9.59 Å². The summed E-state index contributed by atoms with van der Waals surface area (Å²) in [6.45, 7) is 1.42. The van der Waals surface area contributed by atoms with Gasteiger partial charge in [0.05, 0.1) is 16.8 Å². The van der Waals surface area contributed by atoms with E-state index < -0.39 is 5.97 Å². The van der Waals surface area contributed by atoms with Gasteiger partial charge in [0.15, 0.2) is 5.78 Å². The third-order valence-corrected chi connectivity index (χ3v) is 2.83. The lowest BCUT2D eigenvalue weighted by Crippen LogP contribution is -1.98. The van der Waals surface area contributed by atoms with E-state index in [0.29, 0.717) is 17.2 Å². The number of carbonyl (C=O) groups excluding carboxylic acids is 1. The van der Waals surface area contributed by atoms with E-state index in [1.165, 1.54) is 31.3 Å². The van der Waals surface area contributed by atoms with Gasteiger partial charge in [-0.15, -0.1) is 0 Å². The van der Waals surface area contributed by atoms with Crippen molar-refractivity contribution in [1.29, 1.82) is 0 Å². The lowest BCUT2D eigenvalue weighted by molar-refractivity contribution is 0.0696. The lowest BCUT2D eigenvalue weighted by Gasteiger charge is -2.07. The number of benzene rings is 1. The number of aromatic nitrogens is 1. The molecule has 2 aromatic rings. The van der Waals surface area contributed by atoms with Crippen molar-refractivity contribution < 1.29 is 19.4 Å². The van der Waals surface area contributed by atoms with E-state index >= 15 is 0 Å². The molecule has 1 N–H and O–H groups in total. The molecule has 5 nitrogen and oxygen atoms in total. The van der Waals surface area contributed by atoms with Gasteiger partial charge in [-0.3, -0.25) is 4.79 Å². The SMILES string of the molecule is CC(=O)c1ccc(Oc2ccc(Cl)c(C(=O)O)c2)cn1. The molecule has 0 aliphatic rings. The van der Waals surface area contributed by atoms with Crippen LogP contribution in [0, 0.1) is 0 Å². The number of carbonyl (C=O) groups is 2. The van der Waals surface area contributed by atoms with Crippen LogP contribution in [0.15, 0.2) is 36.5 Å². The van der Waals surface area contributed by atoms with Gasteiger partial charge in [0.25, 0.3) is 0 Å². The van der Waals surface area contributed by atoms with Crippen LogP contribution in [0.4, 0.5) is 0 Å². The molecule has 6 heteroatoms. The number of Topliss-reactive ketones (excluding diaryl/α,β-unsaturated/α-hetero) is 1. The van der Waals surface area contributed by atoms with Crippen LogP contribution >= 0.6 is 11.6 Å². The lowest BCUT2D eigenvalue weighted by atomic mass is 10.2. The fraction of sp³-hybridized carbons (Fsp3) is 0.0714. The molecule has 0 fully saturated rings. The Morgan fingerprint density at radius 3 is 2.45 bits per heavy atom. The summed E-state index contributed by atoms with van der Waals surface area (Å²) in [5, 5.41) is 9.10. The van der Waals surface area contributed by atoms with E-state index in [4.69, 9.17) is 21.4 Å². The van der Waals surface area contributed by atoms with Gasteiger partial charge in [0.2, 0.25) is 0 Å². The van der Waals surface area contributed by atoms with Crippen molar-refractivity contribution in [2.75, 3.05) is 0 Å². The van der Waals surface area contributed by atoms with Gasteiger partial charge in [-0.05, 0) is 30.3 Å². The second kappa shape index (κ2) is 5.71.